The van der Waals surface area contributed by atoms with E-state index in [0.717, 1.165) is 16.8 Å². The normalized spacial score (nSPS) is 20.9. The van der Waals surface area contributed by atoms with Crippen LogP contribution in [0.4, 0.5) is 0 Å². The molecule has 0 saturated heterocycles. The Labute approximate surface area is 73.9 Å². The number of aliphatic hydroxyl groups is 1. The van der Waals surface area contributed by atoms with Gasteiger partial charge in [-0.05, 0) is 26.8 Å². The molecular weight excluding hydrogens is 268 g/mol. The van der Waals surface area contributed by atoms with Gasteiger partial charge in [-0.1, -0.05) is 15.9 Å². The Kier molecular flexibility index (Phi) is 5.70. The molecule has 0 bridgehead atoms. The molecule has 0 fully saturated rings. The zero-order valence-electron chi connectivity index (χ0n) is 5.44. The molecule has 0 saturated carbocycles. The number of aliphatic hydroxyl groups excluding tert-OH is 1. The van der Waals surface area contributed by atoms with Crippen LogP contribution in [-0.2, 0) is 0 Å². The van der Waals surface area contributed by atoms with Gasteiger partial charge in [-0.2, -0.15) is 8.46 Å². The van der Waals surface area contributed by atoms with E-state index < -0.39 is 8.46 Å². The van der Waals surface area contributed by atoms with Crippen molar-refractivity contribution in [3.63, 3.8) is 0 Å². The molecule has 1 unspecified atom stereocenters. The van der Waals surface area contributed by atoms with E-state index in [4.69, 9.17) is 5.11 Å². The molecule has 0 aromatic carbocycles. The van der Waals surface area contributed by atoms with Crippen LogP contribution in [0.5, 0.6) is 0 Å². The molecule has 0 aromatic rings. The number of alkyl halides is 1. The van der Waals surface area contributed by atoms with Crippen LogP contribution in [-0.4, -0.2) is 34.8 Å². The topological polar surface area (TPSA) is 20.2 Å². The van der Waals surface area contributed by atoms with Gasteiger partial charge in [0.25, 0.3) is 0 Å². The van der Waals surface area contributed by atoms with E-state index in [0.29, 0.717) is 6.61 Å². The molecule has 0 aliphatic heterocycles. The van der Waals surface area contributed by atoms with Crippen LogP contribution >= 0.6 is 39.2 Å². The van der Waals surface area contributed by atoms with Gasteiger partial charge in [0.05, 0.1) is 6.61 Å². The summed E-state index contributed by atoms with van der Waals surface area (Å²) in [4.78, 5) is 0. The second-order valence-corrected chi connectivity index (χ2v) is 10.6. The van der Waals surface area contributed by atoms with Crippen LogP contribution < -0.4 is 0 Å². The molecule has 1 nitrogen and oxygen atoms in total. The first-order valence-electron chi connectivity index (χ1n) is 2.72. The lowest BCUT2D eigenvalue weighted by molar-refractivity contribution is 0.322. The Morgan fingerprint density at radius 3 is 2.33 bits per heavy atom. The van der Waals surface area contributed by atoms with Crippen molar-refractivity contribution >= 4 is 39.2 Å². The number of halogens is 2. The fourth-order valence-corrected chi connectivity index (χ4v) is 5.73. The molecule has 0 aromatic heterocycles. The molecule has 0 rings (SSSR count). The summed E-state index contributed by atoms with van der Waals surface area (Å²) in [5, 5.41) is 9.62. The van der Waals surface area contributed by atoms with Crippen molar-refractivity contribution in [1.82, 2.24) is 0 Å². The van der Waals surface area contributed by atoms with Gasteiger partial charge < -0.3 is 5.11 Å². The summed E-state index contributed by atoms with van der Waals surface area (Å²) in [5.74, 6) is 2.03. The van der Waals surface area contributed by atoms with Crippen molar-refractivity contribution in [2.45, 2.75) is 0 Å². The second kappa shape index (κ2) is 4.99. The van der Waals surface area contributed by atoms with Crippen molar-refractivity contribution in [1.29, 1.82) is 0 Å². The summed E-state index contributed by atoms with van der Waals surface area (Å²) in [6, 6.07) is 0. The minimum Gasteiger partial charge on any atom is -0.396 e. The molecule has 0 amide bonds. The minimum absolute atomic E-state index is 0.296. The Balaban J connectivity index is 3.43. The summed E-state index contributed by atoms with van der Waals surface area (Å²) in [7, 11) is -0.666. The maximum atomic E-state index is 8.60. The highest BCUT2D eigenvalue weighted by Crippen LogP contribution is 2.51. The number of hydrogen-bond donors (Lipinski definition) is 1. The lowest BCUT2D eigenvalue weighted by Gasteiger charge is -2.26. The minimum atomic E-state index is -0.666. The molecule has 0 aliphatic carbocycles. The standard InChI is InChI=1S/C5H12Br2OS/c1-9(7,4-2-6)5-3-8/h8H,2-5H2,1H3. The molecule has 0 radical (unpaired) electrons. The maximum Gasteiger partial charge on any atom is 0.0514 e. The molecule has 0 heterocycles. The van der Waals surface area contributed by atoms with Gasteiger partial charge in [0.2, 0.25) is 0 Å². The van der Waals surface area contributed by atoms with Crippen molar-refractivity contribution in [2.75, 3.05) is 29.7 Å². The third kappa shape index (κ3) is 5.70. The molecule has 1 N–H and O–H groups in total. The van der Waals surface area contributed by atoms with Crippen LogP contribution in [0.15, 0.2) is 0 Å². The molecular formula is C5H12Br2OS. The lowest BCUT2D eigenvalue weighted by atomic mass is 10.9. The van der Waals surface area contributed by atoms with E-state index in [9.17, 15) is 0 Å². The van der Waals surface area contributed by atoms with Crippen LogP contribution in [0, 0.1) is 0 Å². The molecule has 4 heteroatoms. The van der Waals surface area contributed by atoms with Gasteiger partial charge in [-0.3, -0.25) is 0 Å². The largest absolute Gasteiger partial charge is 0.396 e. The third-order valence-electron chi connectivity index (χ3n) is 1.02. The Bertz CT molecular complexity index is 69.4. The fraction of sp³-hybridized carbons (Fsp3) is 1.00. The van der Waals surface area contributed by atoms with Crippen LogP contribution in [0.25, 0.3) is 0 Å². The number of rotatable bonds is 4. The van der Waals surface area contributed by atoms with Crippen molar-refractivity contribution in [3.05, 3.63) is 0 Å². The van der Waals surface area contributed by atoms with Gasteiger partial charge in [0.1, 0.15) is 0 Å². The highest BCUT2D eigenvalue weighted by Gasteiger charge is 2.10. The molecule has 0 aliphatic rings. The molecule has 9 heavy (non-hydrogen) atoms. The Morgan fingerprint density at radius 1 is 1.44 bits per heavy atom. The molecule has 58 valence electrons. The fourth-order valence-electron chi connectivity index (χ4n) is 0.453. The molecule has 1 atom stereocenters. The predicted octanol–water partition coefficient (Wildman–Crippen LogP) is 2.12. The Hall–Kier alpha value is 1.27. The zero-order chi connectivity index (χ0) is 7.33. The summed E-state index contributed by atoms with van der Waals surface area (Å²) in [6.45, 7) is 0.296. The summed E-state index contributed by atoms with van der Waals surface area (Å²) in [6.07, 6.45) is 2.17. The van der Waals surface area contributed by atoms with E-state index in [1.165, 1.54) is 0 Å². The average molecular weight is 280 g/mol. The maximum absolute atomic E-state index is 8.60. The summed E-state index contributed by atoms with van der Waals surface area (Å²) >= 11 is 6.96. The van der Waals surface area contributed by atoms with Crippen LogP contribution in [0.3, 0.4) is 0 Å². The SMILES string of the molecule is CS(Br)(CCO)CCBr. The highest BCUT2D eigenvalue weighted by molar-refractivity contribution is 9.58. The third-order valence-corrected chi connectivity index (χ3v) is 5.97. The average Bonchev–Trinajstić information content (AvgIpc) is 1.64. The monoisotopic (exact) mass is 278 g/mol. The predicted molar refractivity (Wildman–Crippen MR) is 53.1 cm³/mol. The van der Waals surface area contributed by atoms with E-state index in [1.807, 2.05) is 0 Å². The first kappa shape index (κ1) is 10.3. The van der Waals surface area contributed by atoms with E-state index in [-0.39, 0.29) is 0 Å². The van der Waals surface area contributed by atoms with E-state index >= 15 is 0 Å². The van der Waals surface area contributed by atoms with Crippen molar-refractivity contribution in [3.8, 4) is 0 Å². The summed E-state index contributed by atoms with van der Waals surface area (Å²) in [5.41, 5.74) is 0. The van der Waals surface area contributed by atoms with E-state index in [2.05, 4.69) is 37.0 Å². The smallest absolute Gasteiger partial charge is 0.0514 e. The van der Waals surface area contributed by atoms with Gasteiger partial charge in [0, 0.05) is 11.1 Å². The first-order valence-corrected chi connectivity index (χ1v) is 8.07. The van der Waals surface area contributed by atoms with E-state index in [1.54, 1.807) is 0 Å². The number of hydrogen-bond acceptors (Lipinski definition) is 1. The van der Waals surface area contributed by atoms with Crippen LogP contribution in [0.1, 0.15) is 0 Å². The van der Waals surface area contributed by atoms with Gasteiger partial charge in [0.15, 0.2) is 0 Å². The quantitative estimate of drug-likeness (QED) is 0.782. The lowest BCUT2D eigenvalue weighted by Crippen LogP contribution is -2.04. The first-order chi connectivity index (χ1) is 4.12. The Morgan fingerprint density at radius 2 is 2.00 bits per heavy atom. The van der Waals surface area contributed by atoms with Crippen molar-refractivity contribution in [2.24, 2.45) is 0 Å². The van der Waals surface area contributed by atoms with Crippen molar-refractivity contribution < 1.29 is 5.11 Å². The highest BCUT2D eigenvalue weighted by atomic mass is 79.9. The summed E-state index contributed by atoms with van der Waals surface area (Å²) < 4.78 is 0. The van der Waals surface area contributed by atoms with Gasteiger partial charge in [-0.25, -0.2) is 0 Å². The van der Waals surface area contributed by atoms with Gasteiger partial charge in [-0.15, -0.1) is 0 Å². The van der Waals surface area contributed by atoms with Gasteiger partial charge >= 0.3 is 0 Å². The zero-order valence-corrected chi connectivity index (χ0v) is 9.43. The second-order valence-electron chi connectivity index (χ2n) is 1.97. The van der Waals surface area contributed by atoms with Crippen LogP contribution in [0.2, 0.25) is 0 Å². The molecule has 0 spiro atoms.